The molecule has 0 aliphatic rings. The lowest BCUT2D eigenvalue weighted by Crippen LogP contribution is -2.08. The first kappa shape index (κ1) is 14.4. The molecule has 0 fully saturated rings. The molecule has 96 valence electrons. The zero-order chi connectivity index (χ0) is 13.1. The van der Waals surface area contributed by atoms with E-state index in [1.807, 2.05) is 0 Å². The maximum Gasteiger partial charge on any atom is 0.325 e. The van der Waals surface area contributed by atoms with Crippen molar-refractivity contribution in [3.63, 3.8) is 0 Å². The molecule has 1 unspecified atom stereocenters. The SMILES string of the molecule is O=P(O)(O)CCCP(=O)(O)c1ccccc1O. The van der Waals surface area contributed by atoms with Crippen LogP contribution in [0.2, 0.25) is 0 Å². The fourth-order valence-corrected chi connectivity index (χ4v) is 3.77. The number of aromatic hydroxyl groups is 1. The van der Waals surface area contributed by atoms with Crippen LogP contribution in [0.15, 0.2) is 24.3 Å². The number of phenols is 1. The third-order valence-corrected chi connectivity index (χ3v) is 5.12. The summed E-state index contributed by atoms with van der Waals surface area (Å²) in [6.07, 6.45) is -0.785. The van der Waals surface area contributed by atoms with E-state index in [0.717, 1.165) is 0 Å². The van der Waals surface area contributed by atoms with Gasteiger partial charge < -0.3 is 19.8 Å². The fraction of sp³-hybridized carbons (Fsp3) is 0.333. The molecule has 4 N–H and O–H groups in total. The molecule has 0 heterocycles. The van der Waals surface area contributed by atoms with Gasteiger partial charge in [0.2, 0.25) is 7.37 Å². The predicted molar refractivity (Wildman–Crippen MR) is 64.0 cm³/mol. The largest absolute Gasteiger partial charge is 0.507 e. The Morgan fingerprint density at radius 3 is 2.12 bits per heavy atom. The molecule has 0 aliphatic heterocycles. The van der Waals surface area contributed by atoms with Crippen LogP contribution in [0.5, 0.6) is 5.75 Å². The van der Waals surface area contributed by atoms with Gasteiger partial charge in [-0.25, -0.2) is 0 Å². The summed E-state index contributed by atoms with van der Waals surface area (Å²) in [5, 5.41) is 9.34. The quantitative estimate of drug-likeness (QED) is 0.594. The smallest absolute Gasteiger partial charge is 0.325 e. The molecule has 1 atom stereocenters. The Hall–Kier alpha value is -0.640. The second kappa shape index (κ2) is 5.34. The van der Waals surface area contributed by atoms with Crippen LogP contribution in [0.4, 0.5) is 0 Å². The first-order chi connectivity index (χ1) is 7.72. The highest BCUT2D eigenvalue weighted by Crippen LogP contribution is 2.44. The summed E-state index contributed by atoms with van der Waals surface area (Å²) >= 11 is 0. The molecule has 0 radical (unpaired) electrons. The normalized spacial score (nSPS) is 15.5. The van der Waals surface area contributed by atoms with E-state index < -0.39 is 21.1 Å². The van der Waals surface area contributed by atoms with Crippen molar-refractivity contribution in [2.24, 2.45) is 0 Å². The predicted octanol–water partition coefficient (Wildman–Crippen LogP) is 0.856. The standard InChI is InChI=1S/C9H14O6P2/c10-8-4-1-2-5-9(8)16(11,12)6-3-7-17(13,14)15/h1-2,4-5,10H,3,6-7H2,(H,11,12)(H2,13,14,15). The third kappa shape index (κ3) is 4.62. The minimum atomic E-state index is -4.15. The summed E-state index contributed by atoms with van der Waals surface area (Å²) in [5.41, 5.74) is 0. The van der Waals surface area contributed by atoms with Crippen LogP contribution < -0.4 is 5.30 Å². The van der Waals surface area contributed by atoms with Crippen LogP contribution >= 0.6 is 15.0 Å². The van der Waals surface area contributed by atoms with Crippen LogP contribution in [-0.4, -0.2) is 32.1 Å². The summed E-state index contributed by atoms with van der Waals surface area (Å²) in [6, 6.07) is 5.66. The van der Waals surface area contributed by atoms with E-state index in [1.54, 1.807) is 0 Å². The van der Waals surface area contributed by atoms with Gasteiger partial charge in [-0.05, 0) is 18.6 Å². The van der Waals surface area contributed by atoms with Crippen molar-refractivity contribution in [3.05, 3.63) is 24.3 Å². The van der Waals surface area contributed by atoms with Crippen molar-refractivity contribution in [3.8, 4) is 5.75 Å². The number of hydrogen-bond acceptors (Lipinski definition) is 3. The Kier molecular flexibility index (Phi) is 4.53. The molecule has 1 aromatic rings. The molecule has 0 amide bonds. The summed E-state index contributed by atoms with van der Waals surface area (Å²) < 4.78 is 22.5. The van der Waals surface area contributed by atoms with Crippen molar-refractivity contribution < 1.29 is 28.9 Å². The van der Waals surface area contributed by atoms with Gasteiger partial charge in [-0.1, -0.05) is 12.1 Å². The van der Waals surface area contributed by atoms with E-state index in [-0.39, 0.29) is 23.6 Å². The molecular formula is C9H14O6P2. The average Bonchev–Trinajstić information content (AvgIpc) is 2.15. The maximum absolute atomic E-state index is 11.9. The van der Waals surface area contributed by atoms with E-state index in [9.17, 15) is 19.1 Å². The molecule has 6 nitrogen and oxygen atoms in total. The van der Waals surface area contributed by atoms with Gasteiger partial charge in [-0.2, -0.15) is 0 Å². The maximum atomic E-state index is 11.9. The second-order valence-corrected chi connectivity index (χ2v) is 7.76. The highest BCUT2D eigenvalue weighted by molar-refractivity contribution is 7.66. The van der Waals surface area contributed by atoms with E-state index in [1.165, 1.54) is 24.3 Å². The highest BCUT2D eigenvalue weighted by atomic mass is 31.2. The molecule has 0 saturated carbocycles. The van der Waals surface area contributed by atoms with E-state index in [0.29, 0.717) is 0 Å². The van der Waals surface area contributed by atoms with Gasteiger partial charge in [-0.15, -0.1) is 0 Å². The van der Waals surface area contributed by atoms with Gasteiger partial charge in [0, 0.05) is 6.16 Å². The number of phenolic OH excluding ortho intramolecular Hbond substituents is 1. The van der Waals surface area contributed by atoms with Crippen LogP contribution in [0.25, 0.3) is 0 Å². The van der Waals surface area contributed by atoms with Gasteiger partial charge in [0.25, 0.3) is 0 Å². The molecule has 0 spiro atoms. The van der Waals surface area contributed by atoms with Gasteiger partial charge in [-0.3, -0.25) is 9.13 Å². The molecule has 1 rings (SSSR count). The Bertz CT molecular complexity index is 480. The minimum absolute atomic E-state index is 0.0770. The molecule has 17 heavy (non-hydrogen) atoms. The van der Waals surface area contributed by atoms with E-state index in [4.69, 9.17) is 9.79 Å². The molecule has 0 bridgehead atoms. The fourth-order valence-electron chi connectivity index (χ4n) is 1.37. The van der Waals surface area contributed by atoms with Gasteiger partial charge in [0.1, 0.15) is 5.75 Å². The van der Waals surface area contributed by atoms with Gasteiger partial charge >= 0.3 is 7.60 Å². The lowest BCUT2D eigenvalue weighted by molar-refractivity contribution is 0.372. The Morgan fingerprint density at radius 2 is 1.59 bits per heavy atom. The van der Waals surface area contributed by atoms with Crippen LogP contribution in [-0.2, 0) is 9.13 Å². The zero-order valence-electron chi connectivity index (χ0n) is 8.93. The molecule has 0 saturated heterocycles. The van der Waals surface area contributed by atoms with E-state index in [2.05, 4.69) is 0 Å². The molecule has 0 aromatic heterocycles. The number of rotatable bonds is 5. The molecule has 1 aromatic carbocycles. The van der Waals surface area contributed by atoms with Gasteiger partial charge in [0.15, 0.2) is 0 Å². The van der Waals surface area contributed by atoms with Crippen LogP contribution in [0, 0.1) is 0 Å². The van der Waals surface area contributed by atoms with E-state index >= 15 is 0 Å². The third-order valence-electron chi connectivity index (χ3n) is 2.17. The van der Waals surface area contributed by atoms with Crippen LogP contribution in [0.1, 0.15) is 6.42 Å². The molecule has 8 heteroatoms. The van der Waals surface area contributed by atoms with Crippen molar-refractivity contribution in [1.29, 1.82) is 0 Å². The minimum Gasteiger partial charge on any atom is -0.507 e. The first-order valence-corrected chi connectivity index (χ1v) is 8.51. The summed E-state index contributed by atoms with van der Waals surface area (Å²) in [5.74, 6) is -0.283. The molecule has 0 aliphatic carbocycles. The second-order valence-electron chi connectivity index (χ2n) is 3.66. The van der Waals surface area contributed by atoms with Gasteiger partial charge in [0.05, 0.1) is 11.5 Å². The lowest BCUT2D eigenvalue weighted by Gasteiger charge is -2.13. The molecular weight excluding hydrogens is 266 g/mol. The Balaban J connectivity index is 2.73. The Labute approximate surface area is 98.5 Å². The summed E-state index contributed by atoms with van der Waals surface area (Å²) in [4.78, 5) is 27.0. The monoisotopic (exact) mass is 280 g/mol. The van der Waals surface area contributed by atoms with Crippen molar-refractivity contribution in [2.75, 3.05) is 12.3 Å². The number of hydrogen-bond donors (Lipinski definition) is 4. The Morgan fingerprint density at radius 1 is 1.00 bits per heavy atom. The van der Waals surface area contributed by atoms with Crippen molar-refractivity contribution in [2.45, 2.75) is 6.42 Å². The van der Waals surface area contributed by atoms with Crippen molar-refractivity contribution in [1.82, 2.24) is 0 Å². The summed E-state index contributed by atoms with van der Waals surface area (Å²) in [7, 11) is -7.91. The number of benzene rings is 1. The topological polar surface area (TPSA) is 115 Å². The van der Waals surface area contributed by atoms with Crippen molar-refractivity contribution >= 4 is 20.3 Å². The van der Waals surface area contributed by atoms with Crippen LogP contribution in [0.3, 0.4) is 0 Å². The average molecular weight is 280 g/mol. The first-order valence-electron chi connectivity index (χ1n) is 4.87. The number of para-hydroxylation sites is 1. The lowest BCUT2D eigenvalue weighted by atomic mass is 10.3. The highest BCUT2D eigenvalue weighted by Gasteiger charge is 2.25. The summed E-state index contributed by atoms with van der Waals surface area (Å²) in [6.45, 7) is 0. The zero-order valence-corrected chi connectivity index (χ0v) is 10.7.